The Bertz CT molecular complexity index is 318. The molecule has 1 saturated heterocycles. The minimum atomic E-state index is -0.289. The molecular formula is C14H26N2O3. The summed E-state index contributed by atoms with van der Waals surface area (Å²) in [5.74, 6) is 0.182. The van der Waals surface area contributed by atoms with E-state index in [0.29, 0.717) is 12.5 Å². The topological polar surface area (TPSA) is 58.6 Å². The zero-order chi connectivity index (χ0) is 14.4. The van der Waals surface area contributed by atoms with Crippen LogP contribution in [0.4, 0.5) is 0 Å². The van der Waals surface area contributed by atoms with Gasteiger partial charge in [-0.15, -0.1) is 0 Å². The van der Waals surface area contributed by atoms with E-state index in [1.165, 1.54) is 7.11 Å². The van der Waals surface area contributed by atoms with Crippen molar-refractivity contribution < 1.29 is 14.3 Å². The van der Waals surface area contributed by atoms with Crippen LogP contribution in [0.25, 0.3) is 0 Å². The van der Waals surface area contributed by atoms with Crippen LogP contribution >= 0.6 is 0 Å². The minimum Gasteiger partial charge on any atom is -0.468 e. The standard InChI is InChI=1S/C14H26N2O3/c1-10(2)9-15-13(17)11(3)16-8-6-5-7-12(16)14(18)19-4/h10-12H,5-9H2,1-4H3,(H,15,17). The lowest BCUT2D eigenvalue weighted by Gasteiger charge is -2.37. The minimum absolute atomic E-state index is 0.00972. The maximum atomic E-state index is 12.1. The van der Waals surface area contributed by atoms with E-state index in [9.17, 15) is 9.59 Å². The molecule has 2 atom stereocenters. The van der Waals surface area contributed by atoms with E-state index in [4.69, 9.17) is 4.74 Å². The number of ether oxygens (including phenoxy) is 1. The van der Waals surface area contributed by atoms with Gasteiger partial charge in [-0.3, -0.25) is 14.5 Å². The van der Waals surface area contributed by atoms with Gasteiger partial charge in [0.25, 0.3) is 0 Å². The van der Waals surface area contributed by atoms with Crippen molar-refractivity contribution in [2.24, 2.45) is 5.92 Å². The molecule has 0 saturated carbocycles. The highest BCUT2D eigenvalue weighted by atomic mass is 16.5. The lowest BCUT2D eigenvalue weighted by Crippen LogP contribution is -2.54. The predicted octanol–water partition coefficient (Wildman–Crippen LogP) is 1.17. The molecule has 0 aromatic rings. The highest BCUT2D eigenvalue weighted by Gasteiger charge is 2.35. The summed E-state index contributed by atoms with van der Waals surface area (Å²) in [7, 11) is 1.40. The quantitative estimate of drug-likeness (QED) is 0.762. The van der Waals surface area contributed by atoms with Crippen molar-refractivity contribution in [1.82, 2.24) is 10.2 Å². The first-order valence-corrected chi connectivity index (χ1v) is 7.08. The highest BCUT2D eigenvalue weighted by Crippen LogP contribution is 2.20. The number of hydrogen-bond acceptors (Lipinski definition) is 4. The monoisotopic (exact) mass is 270 g/mol. The molecule has 0 aliphatic carbocycles. The molecule has 1 aliphatic rings. The summed E-state index contributed by atoms with van der Waals surface area (Å²) in [6.07, 6.45) is 2.81. The molecule has 110 valence electrons. The molecule has 1 rings (SSSR count). The van der Waals surface area contributed by atoms with Crippen LogP contribution in [0.5, 0.6) is 0 Å². The van der Waals surface area contributed by atoms with Crippen LogP contribution in [0.3, 0.4) is 0 Å². The number of carbonyl (C=O) groups excluding carboxylic acids is 2. The number of methoxy groups -OCH3 is 1. The van der Waals surface area contributed by atoms with Crippen LogP contribution in [0.2, 0.25) is 0 Å². The largest absolute Gasteiger partial charge is 0.468 e. The van der Waals surface area contributed by atoms with Crippen LogP contribution in [0.15, 0.2) is 0 Å². The summed E-state index contributed by atoms with van der Waals surface area (Å²) in [6.45, 7) is 7.42. The van der Waals surface area contributed by atoms with E-state index in [0.717, 1.165) is 25.8 Å². The van der Waals surface area contributed by atoms with E-state index in [2.05, 4.69) is 19.2 Å². The molecular weight excluding hydrogens is 244 g/mol. The molecule has 5 heteroatoms. The van der Waals surface area contributed by atoms with Gasteiger partial charge in [-0.25, -0.2) is 0 Å². The van der Waals surface area contributed by atoms with E-state index in [-0.39, 0.29) is 24.0 Å². The number of carbonyl (C=O) groups is 2. The third kappa shape index (κ3) is 4.49. The highest BCUT2D eigenvalue weighted by molar-refractivity contribution is 5.83. The maximum absolute atomic E-state index is 12.1. The third-order valence-electron chi connectivity index (χ3n) is 3.58. The van der Waals surface area contributed by atoms with Crippen molar-refractivity contribution >= 4 is 11.9 Å². The van der Waals surface area contributed by atoms with Crippen LogP contribution in [-0.2, 0) is 14.3 Å². The molecule has 0 aromatic heterocycles. The van der Waals surface area contributed by atoms with E-state index >= 15 is 0 Å². The number of esters is 1. The summed E-state index contributed by atoms with van der Waals surface area (Å²) in [4.78, 5) is 25.8. The Morgan fingerprint density at radius 1 is 1.32 bits per heavy atom. The summed E-state index contributed by atoms with van der Waals surface area (Å²) < 4.78 is 4.84. The Hall–Kier alpha value is -1.10. The molecule has 1 fully saturated rings. The van der Waals surface area contributed by atoms with Gasteiger partial charge in [-0.05, 0) is 32.2 Å². The lowest BCUT2D eigenvalue weighted by molar-refractivity contribution is -0.150. The Morgan fingerprint density at radius 2 is 2.00 bits per heavy atom. The number of hydrogen-bond donors (Lipinski definition) is 1. The molecule has 1 heterocycles. The van der Waals surface area contributed by atoms with Gasteiger partial charge in [0.15, 0.2) is 0 Å². The fourth-order valence-corrected chi connectivity index (χ4v) is 2.41. The van der Waals surface area contributed by atoms with Crippen molar-refractivity contribution in [2.45, 2.75) is 52.1 Å². The van der Waals surface area contributed by atoms with Gasteiger partial charge >= 0.3 is 5.97 Å². The van der Waals surface area contributed by atoms with E-state index in [1.807, 2.05) is 11.8 Å². The molecule has 2 unspecified atom stereocenters. The smallest absolute Gasteiger partial charge is 0.323 e. The summed E-state index contributed by atoms with van der Waals surface area (Å²) >= 11 is 0. The van der Waals surface area contributed by atoms with Gasteiger partial charge in [0, 0.05) is 6.54 Å². The van der Waals surface area contributed by atoms with Crippen LogP contribution in [-0.4, -0.2) is 49.1 Å². The molecule has 0 spiro atoms. The number of likely N-dealkylation sites (tertiary alicyclic amines) is 1. The number of nitrogens with one attached hydrogen (secondary N) is 1. The molecule has 1 aliphatic heterocycles. The predicted molar refractivity (Wildman–Crippen MR) is 73.7 cm³/mol. The molecule has 19 heavy (non-hydrogen) atoms. The van der Waals surface area contributed by atoms with Crippen LogP contribution in [0, 0.1) is 5.92 Å². The summed E-state index contributed by atoms with van der Waals surface area (Å²) in [5, 5.41) is 2.92. The zero-order valence-corrected chi connectivity index (χ0v) is 12.4. The number of rotatable bonds is 5. The average molecular weight is 270 g/mol. The van der Waals surface area contributed by atoms with Gasteiger partial charge < -0.3 is 10.1 Å². The first-order valence-electron chi connectivity index (χ1n) is 7.08. The fraction of sp³-hybridized carbons (Fsp3) is 0.857. The number of amides is 1. The Morgan fingerprint density at radius 3 is 2.58 bits per heavy atom. The van der Waals surface area contributed by atoms with Gasteiger partial charge in [0.05, 0.1) is 13.2 Å². The maximum Gasteiger partial charge on any atom is 0.323 e. The lowest BCUT2D eigenvalue weighted by atomic mass is 10.00. The van der Waals surface area contributed by atoms with E-state index < -0.39 is 0 Å². The van der Waals surface area contributed by atoms with Crippen molar-refractivity contribution in [2.75, 3.05) is 20.2 Å². The van der Waals surface area contributed by atoms with Gasteiger partial charge in [0.2, 0.25) is 5.91 Å². The SMILES string of the molecule is COC(=O)C1CCCCN1C(C)C(=O)NCC(C)C. The molecule has 5 nitrogen and oxygen atoms in total. The van der Waals surface area contributed by atoms with Crippen molar-refractivity contribution in [3.8, 4) is 0 Å². The van der Waals surface area contributed by atoms with Crippen molar-refractivity contribution in [3.63, 3.8) is 0 Å². The van der Waals surface area contributed by atoms with Gasteiger partial charge in [-0.1, -0.05) is 20.3 Å². The summed E-state index contributed by atoms with van der Waals surface area (Å²) in [5.41, 5.74) is 0. The van der Waals surface area contributed by atoms with Crippen LogP contribution in [0.1, 0.15) is 40.0 Å². The second-order valence-corrected chi connectivity index (χ2v) is 5.59. The zero-order valence-electron chi connectivity index (χ0n) is 12.4. The van der Waals surface area contributed by atoms with Crippen molar-refractivity contribution in [3.05, 3.63) is 0 Å². The van der Waals surface area contributed by atoms with Crippen LogP contribution < -0.4 is 5.32 Å². The molecule has 1 amide bonds. The Balaban J connectivity index is 2.63. The third-order valence-corrected chi connectivity index (χ3v) is 3.58. The first-order chi connectivity index (χ1) is 8.97. The summed E-state index contributed by atoms with van der Waals surface area (Å²) in [6, 6.07) is -0.568. The molecule has 0 bridgehead atoms. The second-order valence-electron chi connectivity index (χ2n) is 5.59. The average Bonchev–Trinajstić information content (AvgIpc) is 2.42. The molecule has 1 N–H and O–H groups in total. The van der Waals surface area contributed by atoms with Gasteiger partial charge in [0.1, 0.15) is 6.04 Å². The molecule has 0 radical (unpaired) electrons. The van der Waals surface area contributed by atoms with E-state index in [1.54, 1.807) is 0 Å². The normalized spacial score (nSPS) is 22.1. The number of nitrogens with zero attached hydrogens (tertiary/aromatic N) is 1. The van der Waals surface area contributed by atoms with Crippen molar-refractivity contribution in [1.29, 1.82) is 0 Å². The number of piperidine rings is 1. The first kappa shape index (κ1) is 16.0. The molecule has 0 aromatic carbocycles. The Labute approximate surface area is 115 Å². The van der Waals surface area contributed by atoms with Gasteiger partial charge in [-0.2, -0.15) is 0 Å². The Kier molecular flexibility index (Phi) is 6.28. The second kappa shape index (κ2) is 7.48. The fourth-order valence-electron chi connectivity index (χ4n) is 2.41.